The van der Waals surface area contributed by atoms with E-state index in [-0.39, 0.29) is 12.6 Å². The molecule has 1 aromatic carbocycles. The normalized spacial score (nSPS) is 19.3. The van der Waals surface area contributed by atoms with Gasteiger partial charge in [0.15, 0.2) is 0 Å². The Bertz CT molecular complexity index is 445. The van der Waals surface area contributed by atoms with Crippen molar-refractivity contribution in [3.8, 4) is 0 Å². The van der Waals surface area contributed by atoms with Gasteiger partial charge in [-0.2, -0.15) is 0 Å². The highest BCUT2D eigenvalue weighted by Gasteiger charge is 2.23. The van der Waals surface area contributed by atoms with Crippen molar-refractivity contribution in [3.05, 3.63) is 29.3 Å². The van der Waals surface area contributed by atoms with Crippen molar-refractivity contribution in [3.63, 3.8) is 0 Å². The fourth-order valence-electron chi connectivity index (χ4n) is 3.14. The van der Waals surface area contributed by atoms with E-state index in [2.05, 4.69) is 49.2 Å². The molecule has 1 unspecified atom stereocenters. The molecule has 0 saturated carbocycles. The van der Waals surface area contributed by atoms with Crippen LogP contribution in [0.15, 0.2) is 18.2 Å². The Morgan fingerprint density at radius 1 is 1.33 bits per heavy atom. The lowest BCUT2D eigenvalue weighted by atomic mass is 9.99. The first-order chi connectivity index (χ1) is 10.1. The maximum absolute atomic E-state index is 9.66. The van der Waals surface area contributed by atoms with E-state index in [1.165, 1.54) is 29.7 Å². The summed E-state index contributed by atoms with van der Waals surface area (Å²) in [6, 6.07) is 6.98. The summed E-state index contributed by atoms with van der Waals surface area (Å²) in [6.07, 6.45) is 3.56. The van der Waals surface area contributed by atoms with E-state index in [0.29, 0.717) is 5.92 Å². The van der Waals surface area contributed by atoms with Crippen LogP contribution in [0.4, 0.5) is 5.69 Å². The predicted molar refractivity (Wildman–Crippen MR) is 89.8 cm³/mol. The maximum atomic E-state index is 9.66. The van der Waals surface area contributed by atoms with Crippen molar-refractivity contribution in [1.82, 2.24) is 5.32 Å². The van der Waals surface area contributed by atoms with Crippen molar-refractivity contribution >= 4 is 5.69 Å². The number of hydrogen-bond acceptors (Lipinski definition) is 3. The summed E-state index contributed by atoms with van der Waals surface area (Å²) < 4.78 is 0. The smallest absolute Gasteiger partial charge is 0.0635 e. The Labute approximate surface area is 129 Å². The molecular weight excluding hydrogens is 260 g/mol. The fourth-order valence-corrected chi connectivity index (χ4v) is 3.14. The molecule has 1 heterocycles. The van der Waals surface area contributed by atoms with E-state index in [1.54, 1.807) is 0 Å². The number of aliphatic hydroxyl groups is 1. The minimum atomic E-state index is 0.257. The lowest BCUT2D eigenvalue weighted by molar-refractivity contribution is 0.240. The second-order valence-corrected chi connectivity index (χ2v) is 6.68. The number of hydrogen-bond donors (Lipinski definition) is 2. The van der Waals surface area contributed by atoms with Gasteiger partial charge in [-0.25, -0.2) is 0 Å². The van der Waals surface area contributed by atoms with Crippen LogP contribution in [-0.4, -0.2) is 30.8 Å². The van der Waals surface area contributed by atoms with Crippen LogP contribution in [0, 0.1) is 12.8 Å². The van der Waals surface area contributed by atoms with Crippen LogP contribution in [-0.2, 0) is 6.54 Å². The van der Waals surface area contributed by atoms with Gasteiger partial charge in [-0.05, 0) is 50.3 Å². The monoisotopic (exact) mass is 290 g/mol. The van der Waals surface area contributed by atoms with Gasteiger partial charge in [0.05, 0.1) is 12.6 Å². The molecule has 1 fully saturated rings. The third-order valence-electron chi connectivity index (χ3n) is 4.25. The average Bonchev–Trinajstić information content (AvgIpc) is 2.47. The van der Waals surface area contributed by atoms with E-state index in [1.807, 2.05) is 0 Å². The molecule has 3 nitrogen and oxygen atoms in total. The minimum absolute atomic E-state index is 0.257. The number of aliphatic hydroxyl groups excluding tert-OH is 1. The van der Waals surface area contributed by atoms with Crippen molar-refractivity contribution in [1.29, 1.82) is 0 Å². The SMILES string of the molecule is Cc1ccc(N2CCCCC2CO)c(CNCC(C)C)c1. The zero-order valence-electron chi connectivity index (χ0n) is 13.7. The number of nitrogens with one attached hydrogen (secondary N) is 1. The van der Waals surface area contributed by atoms with Crippen molar-refractivity contribution in [2.45, 2.75) is 52.6 Å². The fraction of sp³-hybridized carbons (Fsp3) is 0.667. The van der Waals surface area contributed by atoms with E-state index in [4.69, 9.17) is 0 Å². The highest BCUT2D eigenvalue weighted by Crippen LogP contribution is 2.28. The van der Waals surface area contributed by atoms with Gasteiger partial charge >= 0.3 is 0 Å². The largest absolute Gasteiger partial charge is 0.394 e. The molecule has 0 aromatic heterocycles. The van der Waals surface area contributed by atoms with Gasteiger partial charge in [0.1, 0.15) is 0 Å². The Hall–Kier alpha value is -1.06. The van der Waals surface area contributed by atoms with E-state index < -0.39 is 0 Å². The second kappa shape index (κ2) is 7.81. The van der Waals surface area contributed by atoms with E-state index >= 15 is 0 Å². The molecule has 21 heavy (non-hydrogen) atoms. The maximum Gasteiger partial charge on any atom is 0.0635 e. The first-order valence-electron chi connectivity index (χ1n) is 8.29. The summed E-state index contributed by atoms with van der Waals surface area (Å²) in [7, 11) is 0. The third kappa shape index (κ3) is 4.45. The van der Waals surface area contributed by atoms with Gasteiger partial charge in [0.25, 0.3) is 0 Å². The summed E-state index contributed by atoms with van der Waals surface area (Å²) >= 11 is 0. The molecule has 0 bridgehead atoms. The molecule has 0 aliphatic carbocycles. The molecule has 3 heteroatoms. The van der Waals surface area contributed by atoms with Crippen LogP contribution in [0.2, 0.25) is 0 Å². The van der Waals surface area contributed by atoms with Crippen LogP contribution in [0.5, 0.6) is 0 Å². The highest BCUT2D eigenvalue weighted by atomic mass is 16.3. The minimum Gasteiger partial charge on any atom is -0.394 e. The Morgan fingerprint density at radius 2 is 2.14 bits per heavy atom. The Morgan fingerprint density at radius 3 is 2.86 bits per heavy atom. The summed E-state index contributed by atoms with van der Waals surface area (Å²) in [4.78, 5) is 2.41. The van der Waals surface area contributed by atoms with Gasteiger partial charge in [-0.15, -0.1) is 0 Å². The Balaban J connectivity index is 2.16. The molecule has 0 spiro atoms. The van der Waals surface area contributed by atoms with Crippen LogP contribution in [0.3, 0.4) is 0 Å². The van der Waals surface area contributed by atoms with Gasteiger partial charge in [0.2, 0.25) is 0 Å². The Kier molecular flexibility index (Phi) is 6.07. The van der Waals surface area contributed by atoms with Crippen molar-refractivity contribution in [2.75, 3.05) is 24.6 Å². The molecule has 2 N–H and O–H groups in total. The lowest BCUT2D eigenvalue weighted by Gasteiger charge is -2.38. The van der Waals surface area contributed by atoms with Crippen molar-refractivity contribution < 1.29 is 5.11 Å². The predicted octanol–water partition coefficient (Wildman–Crippen LogP) is 3.09. The molecule has 1 aliphatic heterocycles. The molecule has 2 rings (SSSR count). The number of piperidine rings is 1. The molecule has 1 saturated heterocycles. The summed E-state index contributed by atoms with van der Waals surface area (Å²) in [5.41, 5.74) is 3.96. The molecule has 1 aromatic rings. The van der Waals surface area contributed by atoms with Crippen molar-refractivity contribution in [2.24, 2.45) is 5.92 Å². The molecule has 1 aliphatic rings. The standard InChI is InChI=1S/C18H30N2O/c1-14(2)11-19-12-16-10-15(3)7-8-18(16)20-9-5-4-6-17(20)13-21/h7-8,10,14,17,19,21H,4-6,9,11-13H2,1-3H3. The van der Waals surface area contributed by atoms with Crippen LogP contribution in [0.1, 0.15) is 44.2 Å². The zero-order chi connectivity index (χ0) is 15.2. The molecule has 0 amide bonds. The van der Waals surface area contributed by atoms with Crippen LogP contribution in [0.25, 0.3) is 0 Å². The van der Waals surface area contributed by atoms with Gasteiger partial charge in [-0.1, -0.05) is 31.5 Å². The molecule has 118 valence electrons. The third-order valence-corrected chi connectivity index (χ3v) is 4.25. The number of benzene rings is 1. The number of nitrogens with zero attached hydrogens (tertiary/aromatic N) is 1. The summed E-state index contributed by atoms with van der Waals surface area (Å²) in [6.45, 7) is 9.88. The van der Waals surface area contributed by atoms with Gasteiger partial charge in [-0.3, -0.25) is 0 Å². The van der Waals surface area contributed by atoms with Gasteiger partial charge in [0, 0.05) is 18.8 Å². The van der Waals surface area contributed by atoms with E-state index in [0.717, 1.165) is 26.1 Å². The number of anilines is 1. The first kappa shape index (κ1) is 16.3. The van der Waals surface area contributed by atoms with E-state index in [9.17, 15) is 5.11 Å². The summed E-state index contributed by atoms with van der Waals surface area (Å²) in [5, 5.41) is 13.2. The van der Waals surface area contributed by atoms with Gasteiger partial charge < -0.3 is 15.3 Å². The molecule has 0 radical (unpaired) electrons. The highest BCUT2D eigenvalue weighted by molar-refractivity contribution is 5.56. The van der Waals surface area contributed by atoms with Crippen LogP contribution >= 0.6 is 0 Å². The second-order valence-electron chi connectivity index (χ2n) is 6.68. The zero-order valence-corrected chi connectivity index (χ0v) is 13.7. The van der Waals surface area contributed by atoms with Crippen LogP contribution < -0.4 is 10.2 Å². The number of aryl methyl sites for hydroxylation is 1. The molecular formula is C18H30N2O. The quantitative estimate of drug-likeness (QED) is 0.845. The lowest BCUT2D eigenvalue weighted by Crippen LogP contribution is -2.42. The summed E-state index contributed by atoms with van der Waals surface area (Å²) in [5.74, 6) is 0.665. The number of rotatable bonds is 6. The molecule has 1 atom stereocenters. The average molecular weight is 290 g/mol. The first-order valence-corrected chi connectivity index (χ1v) is 8.29. The topological polar surface area (TPSA) is 35.5 Å².